The number of fused-ring (bicyclic) bond motifs is 3. The molecule has 0 aliphatic rings. The molecular formula is C13H13N3. The Morgan fingerprint density at radius 3 is 2.88 bits per heavy atom. The molecule has 3 aromatic rings. The van der Waals surface area contributed by atoms with Crippen molar-refractivity contribution >= 4 is 16.7 Å². The van der Waals surface area contributed by atoms with Gasteiger partial charge in [-0.3, -0.25) is 9.38 Å². The molecule has 0 bridgehead atoms. The second-order valence-corrected chi connectivity index (χ2v) is 4.28. The van der Waals surface area contributed by atoms with Gasteiger partial charge in [-0.15, -0.1) is 0 Å². The summed E-state index contributed by atoms with van der Waals surface area (Å²) in [6.45, 7) is 4.37. The Hall–Kier alpha value is -1.90. The van der Waals surface area contributed by atoms with E-state index in [0.717, 1.165) is 16.7 Å². The van der Waals surface area contributed by atoms with E-state index in [-0.39, 0.29) is 0 Å². The normalized spacial score (nSPS) is 11.7. The van der Waals surface area contributed by atoms with E-state index in [0.29, 0.717) is 5.92 Å². The van der Waals surface area contributed by atoms with Gasteiger partial charge in [0.25, 0.3) is 0 Å². The summed E-state index contributed by atoms with van der Waals surface area (Å²) in [6, 6.07) is 6.18. The van der Waals surface area contributed by atoms with Crippen LogP contribution in [0, 0.1) is 0 Å². The van der Waals surface area contributed by atoms with Crippen LogP contribution in [0.3, 0.4) is 0 Å². The smallest absolute Gasteiger partial charge is 0.137 e. The summed E-state index contributed by atoms with van der Waals surface area (Å²) in [7, 11) is 0. The van der Waals surface area contributed by atoms with E-state index in [1.807, 2.05) is 24.7 Å². The molecule has 0 radical (unpaired) electrons. The van der Waals surface area contributed by atoms with Crippen LogP contribution in [0.15, 0.2) is 36.8 Å². The number of nitrogens with zero attached hydrogens (tertiary/aromatic N) is 3. The predicted molar refractivity (Wildman–Crippen MR) is 64.6 cm³/mol. The standard InChI is InChI=1S/C13H13N3/c1-9(2)10-8-12-14-6-7-16(12)11-4-3-5-15-13(10)11/h3-9H,1-2H3. The van der Waals surface area contributed by atoms with Gasteiger partial charge in [-0.1, -0.05) is 13.8 Å². The molecule has 3 nitrogen and oxygen atoms in total. The van der Waals surface area contributed by atoms with Crippen molar-refractivity contribution in [1.82, 2.24) is 14.4 Å². The largest absolute Gasteiger partial charge is 0.298 e. The Bertz CT molecular complexity index is 652. The van der Waals surface area contributed by atoms with Crippen molar-refractivity contribution in [2.45, 2.75) is 19.8 Å². The van der Waals surface area contributed by atoms with Gasteiger partial charge in [-0.2, -0.15) is 0 Å². The van der Waals surface area contributed by atoms with Gasteiger partial charge in [0.15, 0.2) is 0 Å². The maximum atomic E-state index is 4.48. The number of aromatic nitrogens is 3. The monoisotopic (exact) mass is 211 g/mol. The van der Waals surface area contributed by atoms with E-state index in [9.17, 15) is 0 Å². The van der Waals surface area contributed by atoms with Gasteiger partial charge in [0, 0.05) is 18.6 Å². The fraction of sp³-hybridized carbons (Fsp3) is 0.231. The minimum absolute atomic E-state index is 0.458. The second kappa shape index (κ2) is 3.30. The lowest BCUT2D eigenvalue weighted by Crippen LogP contribution is -1.97. The molecule has 3 heterocycles. The minimum Gasteiger partial charge on any atom is -0.298 e. The summed E-state index contributed by atoms with van der Waals surface area (Å²) in [4.78, 5) is 8.83. The molecule has 0 unspecified atom stereocenters. The number of pyridine rings is 2. The van der Waals surface area contributed by atoms with Gasteiger partial charge < -0.3 is 0 Å². The highest BCUT2D eigenvalue weighted by Gasteiger charge is 2.10. The van der Waals surface area contributed by atoms with Gasteiger partial charge in [0.2, 0.25) is 0 Å². The van der Waals surface area contributed by atoms with Crippen LogP contribution in [0.1, 0.15) is 25.3 Å². The number of rotatable bonds is 1. The predicted octanol–water partition coefficient (Wildman–Crippen LogP) is 3.01. The third-order valence-corrected chi connectivity index (χ3v) is 2.90. The maximum absolute atomic E-state index is 4.48. The van der Waals surface area contributed by atoms with Gasteiger partial charge in [0.1, 0.15) is 5.65 Å². The maximum Gasteiger partial charge on any atom is 0.137 e. The average Bonchev–Trinajstić information content (AvgIpc) is 2.75. The molecule has 0 spiro atoms. The van der Waals surface area contributed by atoms with Crippen LogP contribution < -0.4 is 0 Å². The Labute approximate surface area is 93.8 Å². The zero-order valence-corrected chi connectivity index (χ0v) is 9.38. The van der Waals surface area contributed by atoms with E-state index < -0.39 is 0 Å². The van der Waals surface area contributed by atoms with E-state index in [4.69, 9.17) is 0 Å². The molecule has 0 saturated carbocycles. The zero-order chi connectivity index (χ0) is 11.1. The number of hydrogen-bond donors (Lipinski definition) is 0. The zero-order valence-electron chi connectivity index (χ0n) is 9.38. The molecule has 80 valence electrons. The van der Waals surface area contributed by atoms with Gasteiger partial charge in [0.05, 0.1) is 11.0 Å². The first-order valence-corrected chi connectivity index (χ1v) is 5.48. The molecule has 0 aliphatic carbocycles. The van der Waals surface area contributed by atoms with Crippen LogP contribution in [0.4, 0.5) is 0 Å². The van der Waals surface area contributed by atoms with Gasteiger partial charge in [-0.05, 0) is 29.7 Å². The molecular weight excluding hydrogens is 198 g/mol. The Morgan fingerprint density at radius 1 is 1.19 bits per heavy atom. The molecule has 3 aromatic heterocycles. The fourth-order valence-electron chi connectivity index (χ4n) is 2.09. The minimum atomic E-state index is 0.458. The summed E-state index contributed by atoms with van der Waals surface area (Å²) in [6.07, 6.45) is 5.65. The molecule has 0 aromatic carbocycles. The van der Waals surface area contributed by atoms with Crippen molar-refractivity contribution in [3.05, 3.63) is 42.4 Å². The first-order valence-electron chi connectivity index (χ1n) is 5.48. The molecule has 0 atom stereocenters. The van der Waals surface area contributed by atoms with E-state index >= 15 is 0 Å². The summed E-state index contributed by atoms with van der Waals surface area (Å²) in [5.41, 5.74) is 4.45. The third kappa shape index (κ3) is 1.21. The van der Waals surface area contributed by atoms with Crippen molar-refractivity contribution in [3.63, 3.8) is 0 Å². The quantitative estimate of drug-likeness (QED) is 0.619. The molecule has 16 heavy (non-hydrogen) atoms. The Morgan fingerprint density at radius 2 is 2.06 bits per heavy atom. The second-order valence-electron chi connectivity index (χ2n) is 4.28. The van der Waals surface area contributed by atoms with E-state index in [1.54, 1.807) is 0 Å². The number of hydrogen-bond acceptors (Lipinski definition) is 2. The van der Waals surface area contributed by atoms with Crippen LogP contribution >= 0.6 is 0 Å². The van der Waals surface area contributed by atoms with Crippen LogP contribution in [0.2, 0.25) is 0 Å². The fourth-order valence-corrected chi connectivity index (χ4v) is 2.09. The Balaban J connectivity index is 2.55. The summed E-state index contributed by atoms with van der Waals surface area (Å²) in [5, 5.41) is 0. The highest BCUT2D eigenvalue weighted by Crippen LogP contribution is 2.25. The molecule has 0 N–H and O–H groups in total. The van der Waals surface area contributed by atoms with Crippen molar-refractivity contribution < 1.29 is 0 Å². The van der Waals surface area contributed by atoms with E-state index in [1.165, 1.54) is 5.56 Å². The van der Waals surface area contributed by atoms with Crippen LogP contribution in [0.25, 0.3) is 16.7 Å². The molecule has 3 rings (SSSR count). The van der Waals surface area contributed by atoms with E-state index in [2.05, 4.69) is 40.3 Å². The van der Waals surface area contributed by atoms with Gasteiger partial charge >= 0.3 is 0 Å². The van der Waals surface area contributed by atoms with Crippen LogP contribution in [-0.4, -0.2) is 14.4 Å². The summed E-state index contributed by atoms with van der Waals surface area (Å²) >= 11 is 0. The summed E-state index contributed by atoms with van der Waals surface area (Å²) in [5.74, 6) is 0.458. The topological polar surface area (TPSA) is 30.2 Å². The first-order chi connectivity index (χ1) is 7.77. The van der Waals surface area contributed by atoms with Gasteiger partial charge in [-0.25, -0.2) is 4.98 Å². The first kappa shape index (κ1) is 9.33. The number of imidazole rings is 1. The average molecular weight is 211 g/mol. The van der Waals surface area contributed by atoms with Crippen molar-refractivity contribution in [2.24, 2.45) is 0 Å². The third-order valence-electron chi connectivity index (χ3n) is 2.90. The van der Waals surface area contributed by atoms with Crippen molar-refractivity contribution in [2.75, 3.05) is 0 Å². The van der Waals surface area contributed by atoms with Crippen molar-refractivity contribution in [3.8, 4) is 0 Å². The van der Waals surface area contributed by atoms with Crippen LogP contribution in [0.5, 0.6) is 0 Å². The molecule has 0 aliphatic heterocycles. The lowest BCUT2D eigenvalue weighted by Gasteiger charge is -2.10. The molecule has 0 fully saturated rings. The van der Waals surface area contributed by atoms with Crippen LogP contribution in [-0.2, 0) is 0 Å². The summed E-state index contributed by atoms with van der Waals surface area (Å²) < 4.78 is 2.08. The molecule has 0 saturated heterocycles. The lowest BCUT2D eigenvalue weighted by atomic mass is 10.0. The molecule has 3 heteroatoms. The lowest BCUT2D eigenvalue weighted by molar-refractivity contribution is 0.871. The Kier molecular flexibility index (Phi) is 1.93. The SMILES string of the molecule is CC(C)c1cc2nccn2c2cccnc12. The van der Waals surface area contributed by atoms with Crippen molar-refractivity contribution in [1.29, 1.82) is 0 Å². The highest BCUT2D eigenvalue weighted by atomic mass is 15.0. The highest BCUT2D eigenvalue weighted by molar-refractivity contribution is 5.82. The molecule has 0 amide bonds.